The van der Waals surface area contributed by atoms with Crippen LogP contribution < -0.4 is 4.74 Å². The summed E-state index contributed by atoms with van der Waals surface area (Å²) >= 11 is 0. The average Bonchev–Trinajstić information content (AvgIpc) is 2.46. The van der Waals surface area contributed by atoms with Gasteiger partial charge >= 0.3 is 0 Å². The van der Waals surface area contributed by atoms with Crippen LogP contribution in [0.5, 0.6) is 5.75 Å². The lowest BCUT2D eigenvalue weighted by atomic mass is 9.97. The zero-order valence-corrected chi connectivity index (χ0v) is 11.3. The van der Waals surface area contributed by atoms with Crippen molar-refractivity contribution in [2.75, 3.05) is 7.11 Å². The van der Waals surface area contributed by atoms with E-state index in [1.54, 1.807) is 19.5 Å². The molecule has 3 nitrogen and oxygen atoms in total. The van der Waals surface area contributed by atoms with Crippen LogP contribution in [0.3, 0.4) is 0 Å². The van der Waals surface area contributed by atoms with E-state index in [1.165, 1.54) is 5.56 Å². The van der Waals surface area contributed by atoms with Crippen LogP contribution >= 0.6 is 0 Å². The van der Waals surface area contributed by atoms with E-state index in [1.807, 2.05) is 12.1 Å². The van der Waals surface area contributed by atoms with Crippen molar-refractivity contribution >= 4 is 0 Å². The molecule has 0 saturated carbocycles. The van der Waals surface area contributed by atoms with Crippen LogP contribution in [0.1, 0.15) is 30.9 Å². The minimum absolute atomic E-state index is 0.441. The molecule has 1 heterocycles. The number of benzene rings is 1. The molecule has 0 aliphatic rings. The molecule has 1 aromatic carbocycles. The predicted octanol–water partition coefficient (Wildman–Crippen LogP) is 3.75. The number of nitriles is 1. The third kappa shape index (κ3) is 2.74. The molecule has 0 atom stereocenters. The zero-order valence-electron chi connectivity index (χ0n) is 11.3. The molecular formula is C16H16N2O. The summed E-state index contributed by atoms with van der Waals surface area (Å²) in [7, 11) is 1.65. The van der Waals surface area contributed by atoms with Crippen molar-refractivity contribution in [1.29, 1.82) is 5.26 Å². The highest BCUT2D eigenvalue weighted by Gasteiger charge is 2.10. The van der Waals surface area contributed by atoms with E-state index in [0.29, 0.717) is 11.5 Å². The largest absolute Gasteiger partial charge is 0.496 e. The summed E-state index contributed by atoms with van der Waals surface area (Å²) < 4.78 is 5.40. The maximum Gasteiger partial charge on any atom is 0.126 e. The van der Waals surface area contributed by atoms with E-state index in [9.17, 15) is 0 Å². The lowest BCUT2D eigenvalue weighted by Crippen LogP contribution is -1.93. The lowest BCUT2D eigenvalue weighted by molar-refractivity contribution is 0.416. The third-order valence-corrected chi connectivity index (χ3v) is 3.07. The summed E-state index contributed by atoms with van der Waals surface area (Å²) in [5.74, 6) is 1.23. The van der Waals surface area contributed by atoms with Gasteiger partial charge in [0.05, 0.1) is 12.7 Å². The fraction of sp³-hybridized carbons (Fsp3) is 0.250. The molecule has 3 heteroatoms. The Morgan fingerprint density at radius 3 is 2.63 bits per heavy atom. The van der Waals surface area contributed by atoms with Crippen LogP contribution in [0.25, 0.3) is 11.1 Å². The summed E-state index contributed by atoms with van der Waals surface area (Å²) in [6.07, 6.45) is 3.31. The number of rotatable bonds is 3. The molecule has 0 spiro atoms. The van der Waals surface area contributed by atoms with E-state index < -0.39 is 0 Å². The standard InChI is InChI=1S/C16H16N2O/c1-11(2)13-4-5-16(19-3)15(7-13)14-6-12(8-17)9-18-10-14/h4-7,9-11H,1-3H3. The van der Waals surface area contributed by atoms with Crippen molar-refractivity contribution in [1.82, 2.24) is 4.98 Å². The Labute approximate surface area is 113 Å². The maximum absolute atomic E-state index is 8.96. The first-order chi connectivity index (χ1) is 9.15. The molecule has 96 valence electrons. The molecular weight excluding hydrogens is 236 g/mol. The third-order valence-electron chi connectivity index (χ3n) is 3.07. The molecule has 0 radical (unpaired) electrons. The summed E-state index contributed by atoms with van der Waals surface area (Å²) in [6.45, 7) is 4.30. The molecule has 1 aromatic heterocycles. The predicted molar refractivity (Wildman–Crippen MR) is 75.0 cm³/mol. The van der Waals surface area contributed by atoms with Gasteiger partial charge in [-0.05, 0) is 29.7 Å². The minimum atomic E-state index is 0.441. The normalized spacial score (nSPS) is 10.3. The second-order valence-corrected chi connectivity index (χ2v) is 4.69. The van der Waals surface area contributed by atoms with Crippen LogP contribution in [-0.2, 0) is 0 Å². The van der Waals surface area contributed by atoms with Gasteiger partial charge in [-0.15, -0.1) is 0 Å². The van der Waals surface area contributed by atoms with Crippen molar-refractivity contribution in [2.45, 2.75) is 19.8 Å². The van der Waals surface area contributed by atoms with Crippen LogP contribution in [0.4, 0.5) is 0 Å². The summed E-state index contributed by atoms with van der Waals surface area (Å²) in [4.78, 5) is 4.10. The average molecular weight is 252 g/mol. The van der Waals surface area contributed by atoms with Gasteiger partial charge in [0.25, 0.3) is 0 Å². The molecule has 0 fully saturated rings. The topological polar surface area (TPSA) is 45.9 Å². The Bertz CT molecular complexity index is 627. The number of methoxy groups -OCH3 is 1. The first-order valence-corrected chi connectivity index (χ1v) is 6.19. The second-order valence-electron chi connectivity index (χ2n) is 4.69. The van der Waals surface area contributed by atoms with Gasteiger partial charge in [0.2, 0.25) is 0 Å². The molecule has 0 aliphatic heterocycles. The second kappa shape index (κ2) is 5.53. The molecule has 0 aliphatic carbocycles. The van der Waals surface area contributed by atoms with Gasteiger partial charge in [-0.3, -0.25) is 4.98 Å². The van der Waals surface area contributed by atoms with Gasteiger partial charge in [-0.1, -0.05) is 19.9 Å². The number of hydrogen-bond acceptors (Lipinski definition) is 3. The van der Waals surface area contributed by atoms with Crippen molar-refractivity contribution in [3.05, 3.63) is 47.8 Å². The zero-order chi connectivity index (χ0) is 13.8. The van der Waals surface area contributed by atoms with E-state index >= 15 is 0 Å². The molecule has 0 unspecified atom stereocenters. The summed E-state index contributed by atoms with van der Waals surface area (Å²) in [5.41, 5.74) is 3.66. The first kappa shape index (κ1) is 13.1. The Morgan fingerprint density at radius 2 is 2.00 bits per heavy atom. The van der Waals surface area contributed by atoms with E-state index in [-0.39, 0.29) is 0 Å². The number of aromatic nitrogens is 1. The SMILES string of the molecule is COc1ccc(C(C)C)cc1-c1cncc(C#N)c1. The molecule has 0 N–H and O–H groups in total. The quantitative estimate of drug-likeness (QED) is 0.835. The number of nitrogens with zero attached hydrogens (tertiary/aromatic N) is 2. The molecule has 0 saturated heterocycles. The highest BCUT2D eigenvalue weighted by molar-refractivity contribution is 5.71. The Kier molecular flexibility index (Phi) is 3.82. The smallest absolute Gasteiger partial charge is 0.126 e. The molecule has 2 rings (SSSR count). The van der Waals surface area contributed by atoms with E-state index in [4.69, 9.17) is 10.00 Å². The van der Waals surface area contributed by atoms with Crippen molar-refractivity contribution < 1.29 is 4.74 Å². The highest BCUT2D eigenvalue weighted by atomic mass is 16.5. The number of pyridine rings is 1. The molecule has 19 heavy (non-hydrogen) atoms. The highest BCUT2D eigenvalue weighted by Crippen LogP contribution is 2.32. The van der Waals surface area contributed by atoms with Crippen LogP contribution in [0.15, 0.2) is 36.7 Å². The van der Waals surface area contributed by atoms with Gasteiger partial charge in [0.15, 0.2) is 0 Å². The Balaban J connectivity index is 2.58. The Hall–Kier alpha value is -2.34. The first-order valence-electron chi connectivity index (χ1n) is 6.19. The monoisotopic (exact) mass is 252 g/mol. The summed E-state index contributed by atoms with van der Waals surface area (Å²) in [6, 6.07) is 10.1. The van der Waals surface area contributed by atoms with Crippen LogP contribution in [0.2, 0.25) is 0 Å². The van der Waals surface area contributed by atoms with Gasteiger partial charge in [0, 0.05) is 23.5 Å². The summed E-state index contributed by atoms with van der Waals surface area (Å²) in [5, 5.41) is 8.96. The van der Waals surface area contributed by atoms with Crippen LogP contribution in [-0.4, -0.2) is 12.1 Å². The molecule has 0 bridgehead atoms. The van der Waals surface area contributed by atoms with Crippen molar-refractivity contribution in [3.63, 3.8) is 0 Å². The van der Waals surface area contributed by atoms with Gasteiger partial charge in [0.1, 0.15) is 11.8 Å². The van der Waals surface area contributed by atoms with E-state index in [0.717, 1.165) is 16.9 Å². The fourth-order valence-electron chi connectivity index (χ4n) is 1.96. The number of ether oxygens (including phenoxy) is 1. The lowest BCUT2D eigenvalue weighted by Gasteiger charge is -2.12. The van der Waals surface area contributed by atoms with Gasteiger partial charge < -0.3 is 4.74 Å². The minimum Gasteiger partial charge on any atom is -0.496 e. The molecule has 0 amide bonds. The van der Waals surface area contributed by atoms with Crippen molar-refractivity contribution in [3.8, 4) is 22.9 Å². The van der Waals surface area contributed by atoms with Crippen molar-refractivity contribution in [2.24, 2.45) is 0 Å². The Morgan fingerprint density at radius 1 is 1.21 bits per heavy atom. The van der Waals surface area contributed by atoms with E-state index in [2.05, 4.69) is 37.0 Å². The fourth-order valence-corrected chi connectivity index (χ4v) is 1.96. The number of hydrogen-bond donors (Lipinski definition) is 0. The van der Waals surface area contributed by atoms with Crippen LogP contribution in [0, 0.1) is 11.3 Å². The van der Waals surface area contributed by atoms with Gasteiger partial charge in [-0.25, -0.2) is 0 Å². The van der Waals surface area contributed by atoms with Gasteiger partial charge in [-0.2, -0.15) is 5.26 Å². The maximum atomic E-state index is 8.96. The molecule has 2 aromatic rings.